The standard InChI is InChI=1S/C27H28F3NO5/c1-5-15(2)36-26(34)23-17(4)31-16(3)22(25(32)33)24(23)20-11-6-7-12-21(20)35-14-18-9-8-10-19(13-18)27(28,29)30/h6-13,15,24,31H,5,14H2,1-4H3,(H,32,33). The Kier molecular flexibility index (Phi) is 8.12. The van der Waals surface area contributed by atoms with Crippen LogP contribution in [0.2, 0.25) is 0 Å². The molecule has 2 N–H and O–H groups in total. The fourth-order valence-corrected chi connectivity index (χ4v) is 4.04. The Bertz CT molecular complexity index is 1220. The van der Waals surface area contributed by atoms with Gasteiger partial charge in [-0.1, -0.05) is 37.3 Å². The molecule has 0 fully saturated rings. The maximum absolute atomic E-state index is 13.2. The van der Waals surface area contributed by atoms with Gasteiger partial charge in [0.2, 0.25) is 0 Å². The number of carboxylic acids is 1. The van der Waals surface area contributed by atoms with E-state index >= 15 is 0 Å². The number of para-hydroxylation sites is 1. The lowest BCUT2D eigenvalue weighted by atomic mass is 9.80. The molecule has 1 aliphatic rings. The van der Waals surface area contributed by atoms with Crippen molar-refractivity contribution in [3.8, 4) is 5.75 Å². The highest BCUT2D eigenvalue weighted by Gasteiger charge is 2.39. The average Bonchev–Trinajstić information content (AvgIpc) is 2.81. The van der Waals surface area contributed by atoms with Crippen LogP contribution in [-0.4, -0.2) is 23.1 Å². The number of halogens is 3. The van der Waals surface area contributed by atoms with Gasteiger partial charge in [0.05, 0.1) is 28.7 Å². The maximum Gasteiger partial charge on any atom is 0.416 e. The molecule has 2 aromatic rings. The third kappa shape index (κ3) is 5.90. The quantitative estimate of drug-likeness (QED) is 0.434. The van der Waals surface area contributed by atoms with Crippen molar-refractivity contribution in [1.82, 2.24) is 5.32 Å². The van der Waals surface area contributed by atoms with Gasteiger partial charge >= 0.3 is 18.1 Å². The number of nitrogens with one attached hydrogen (secondary N) is 1. The van der Waals surface area contributed by atoms with Crippen LogP contribution in [0.4, 0.5) is 13.2 Å². The van der Waals surface area contributed by atoms with Crippen LogP contribution in [0.1, 0.15) is 56.7 Å². The van der Waals surface area contributed by atoms with E-state index in [4.69, 9.17) is 9.47 Å². The van der Waals surface area contributed by atoms with E-state index in [1.807, 2.05) is 6.92 Å². The molecule has 0 aliphatic carbocycles. The average molecular weight is 504 g/mol. The predicted molar refractivity (Wildman–Crippen MR) is 127 cm³/mol. The first-order valence-electron chi connectivity index (χ1n) is 11.4. The Morgan fingerprint density at radius 3 is 2.36 bits per heavy atom. The molecule has 2 aromatic carbocycles. The van der Waals surface area contributed by atoms with Crippen molar-refractivity contribution in [3.63, 3.8) is 0 Å². The van der Waals surface area contributed by atoms with Gasteiger partial charge in [0, 0.05) is 17.0 Å². The van der Waals surface area contributed by atoms with Crippen LogP contribution >= 0.6 is 0 Å². The van der Waals surface area contributed by atoms with Gasteiger partial charge in [-0.2, -0.15) is 13.2 Å². The summed E-state index contributed by atoms with van der Waals surface area (Å²) in [6, 6.07) is 11.3. The van der Waals surface area contributed by atoms with Crippen molar-refractivity contribution in [1.29, 1.82) is 0 Å². The summed E-state index contributed by atoms with van der Waals surface area (Å²) in [6.07, 6.45) is -4.30. The lowest BCUT2D eigenvalue weighted by molar-refractivity contribution is -0.144. The SMILES string of the molecule is CCC(C)OC(=O)C1=C(C)NC(C)=C(C(=O)O)C1c1ccccc1OCc1cccc(C(F)(F)F)c1. The summed E-state index contributed by atoms with van der Waals surface area (Å²) in [7, 11) is 0. The third-order valence-corrected chi connectivity index (χ3v) is 5.97. The Balaban J connectivity index is 2.04. The van der Waals surface area contributed by atoms with E-state index in [0.717, 1.165) is 12.1 Å². The number of benzene rings is 2. The van der Waals surface area contributed by atoms with Crippen LogP contribution < -0.4 is 10.1 Å². The van der Waals surface area contributed by atoms with Crippen LogP contribution in [0, 0.1) is 0 Å². The number of ether oxygens (including phenoxy) is 2. The number of aliphatic carboxylic acids is 1. The molecule has 0 radical (unpaired) electrons. The molecule has 2 atom stereocenters. The highest BCUT2D eigenvalue weighted by atomic mass is 19.4. The zero-order valence-corrected chi connectivity index (χ0v) is 20.4. The molecule has 0 aromatic heterocycles. The highest BCUT2D eigenvalue weighted by molar-refractivity contribution is 5.99. The van der Waals surface area contributed by atoms with E-state index in [9.17, 15) is 27.9 Å². The van der Waals surface area contributed by atoms with Crippen molar-refractivity contribution in [2.24, 2.45) is 0 Å². The molecule has 0 saturated heterocycles. The Labute approximate surface area is 207 Å². The van der Waals surface area contributed by atoms with Crippen LogP contribution in [0.25, 0.3) is 0 Å². The van der Waals surface area contributed by atoms with Crippen molar-refractivity contribution in [2.75, 3.05) is 0 Å². The molecule has 0 saturated carbocycles. The molecule has 3 rings (SSSR count). The molecule has 1 aliphatic heterocycles. The number of esters is 1. The van der Waals surface area contributed by atoms with E-state index in [0.29, 0.717) is 28.9 Å². The number of carboxylic acid groups (broad SMARTS) is 1. The summed E-state index contributed by atoms with van der Waals surface area (Å²) in [5.74, 6) is -2.65. The highest BCUT2D eigenvalue weighted by Crippen LogP contribution is 2.42. The molecule has 36 heavy (non-hydrogen) atoms. The number of dihydropyridines is 1. The second-order valence-corrected chi connectivity index (χ2v) is 8.59. The molecule has 6 nitrogen and oxygen atoms in total. The first kappa shape index (κ1) is 26.8. The Morgan fingerprint density at radius 2 is 1.72 bits per heavy atom. The van der Waals surface area contributed by atoms with Gasteiger partial charge < -0.3 is 19.9 Å². The number of carbonyl (C=O) groups is 2. The first-order chi connectivity index (χ1) is 16.9. The summed E-state index contributed by atoms with van der Waals surface area (Å²) >= 11 is 0. The predicted octanol–water partition coefficient (Wildman–Crippen LogP) is 5.95. The Morgan fingerprint density at radius 1 is 1.06 bits per heavy atom. The molecular weight excluding hydrogens is 475 g/mol. The monoisotopic (exact) mass is 503 g/mol. The normalized spacial score (nSPS) is 16.9. The molecule has 0 bridgehead atoms. The lowest BCUT2D eigenvalue weighted by Crippen LogP contribution is -2.32. The Hall–Kier alpha value is -3.75. The zero-order valence-electron chi connectivity index (χ0n) is 20.4. The van der Waals surface area contributed by atoms with Crippen LogP contribution in [0.5, 0.6) is 5.75 Å². The molecular formula is C27H28F3NO5. The van der Waals surface area contributed by atoms with Crippen LogP contribution in [0.3, 0.4) is 0 Å². The minimum absolute atomic E-state index is 0.0492. The van der Waals surface area contributed by atoms with Gasteiger partial charge in [-0.25, -0.2) is 9.59 Å². The van der Waals surface area contributed by atoms with E-state index in [1.165, 1.54) is 12.1 Å². The molecule has 9 heteroatoms. The molecule has 0 amide bonds. The van der Waals surface area contributed by atoms with Gasteiger partial charge in [0.1, 0.15) is 12.4 Å². The maximum atomic E-state index is 13.2. The zero-order chi connectivity index (χ0) is 26.6. The van der Waals surface area contributed by atoms with Crippen LogP contribution in [0.15, 0.2) is 71.1 Å². The minimum atomic E-state index is -4.49. The number of allylic oxidation sites excluding steroid dienone is 2. The fourth-order valence-electron chi connectivity index (χ4n) is 4.04. The second-order valence-electron chi connectivity index (χ2n) is 8.59. The summed E-state index contributed by atoms with van der Waals surface area (Å²) in [5, 5.41) is 13.0. The molecule has 0 spiro atoms. The second kappa shape index (κ2) is 10.9. The van der Waals surface area contributed by atoms with Crippen molar-refractivity contribution < 1.29 is 37.3 Å². The van der Waals surface area contributed by atoms with Crippen molar-refractivity contribution in [3.05, 3.63) is 87.8 Å². The van der Waals surface area contributed by atoms with Gasteiger partial charge in [-0.05, 0) is 51.0 Å². The van der Waals surface area contributed by atoms with E-state index in [-0.39, 0.29) is 29.6 Å². The summed E-state index contributed by atoms with van der Waals surface area (Å²) in [6.45, 7) is 6.67. The molecule has 2 unspecified atom stereocenters. The van der Waals surface area contributed by atoms with Crippen LogP contribution in [-0.2, 0) is 27.1 Å². The molecule has 192 valence electrons. The number of hydrogen-bond donors (Lipinski definition) is 2. The van der Waals surface area contributed by atoms with E-state index in [2.05, 4.69) is 5.32 Å². The fraction of sp³-hybridized carbons (Fsp3) is 0.333. The van der Waals surface area contributed by atoms with Crippen molar-refractivity contribution >= 4 is 11.9 Å². The van der Waals surface area contributed by atoms with Gasteiger partial charge in [-0.3, -0.25) is 0 Å². The van der Waals surface area contributed by atoms with Crippen molar-refractivity contribution in [2.45, 2.75) is 58.9 Å². The van der Waals surface area contributed by atoms with Gasteiger partial charge in [0.15, 0.2) is 0 Å². The van der Waals surface area contributed by atoms with E-state index in [1.54, 1.807) is 45.0 Å². The summed E-state index contributed by atoms with van der Waals surface area (Å²) in [4.78, 5) is 25.5. The van der Waals surface area contributed by atoms with Gasteiger partial charge in [-0.15, -0.1) is 0 Å². The topological polar surface area (TPSA) is 84.9 Å². The van der Waals surface area contributed by atoms with Gasteiger partial charge in [0.25, 0.3) is 0 Å². The summed E-state index contributed by atoms with van der Waals surface area (Å²) in [5.41, 5.74) is 0.772. The number of rotatable bonds is 8. The number of carbonyl (C=O) groups excluding carboxylic acids is 1. The number of alkyl halides is 3. The smallest absolute Gasteiger partial charge is 0.416 e. The summed E-state index contributed by atoms with van der Waals surface area (Å²) < 4.78 is 50.8. The third-order valence-electron chi connectivity index (χ3n) is 5.97. The molecule has 1 heterocycles. The minimum Gasteiger partial charge on any atom is -0.489 e. The van der Waals surface area contributed by atoms with E-state index < -0.39 is 29.6 Å². The first-order valence-corrected chi connectivity index (χ1v) is 11.4. The number of hydrogen-bond acceptors (Lipinski definition) is 5. The largest absolute Gasteiger partial charge is 0.489 e. The lowest BCUT2D eigenvalue weighted by Gasteiger charge is -2.31.